The van der Waals surface area contributed by atoms with E-state index in [4.69, 9.17) is 0 Å². The molecule has 3 rings (SSSR count). The Hall–Kier alpha value is -2.20. The van der Waals surface area contributed by atoms with Gasteiger partial charge in [-0.05, 0) is 48.7 Å². The molecule has 2 unspecified atom stereocenters. The average Bonchev–Trinajstić information content (AvgIpc) is 2.74. The molecular formula is C16H16N2O2. The molecule has 0 saturated carbocycles. The van der Waals surface area contributed by atoms with Crippen molar-refractivity contribution in [3.63, 3.8) is 0 Å². The van der Waals surface area contributed by atoms with Crippen LogP contribution in [0.3, 0.4) is 0 Å². The van der Waals surface area contributed by atoms with Crippen LogP contribution in [0.25, 0.3) is 11.1 Å². The van der Waals surface area contributed by atoms with E-state index in [-0.39, 0.29) is 11.8 Å². The summed E-state index contributed by atoms with van der Waals surface area (Å²) < 4.78 is 0. The third-order valence-electron chi connectivity index (χ3n) is 3.74. The van der Waals surface area contributed by atoms with E-state index in [9.17, 15) is 9.90 Å². The van der Waals surface area contributed by atoms with Crippen LogP contribution < -0.4 is 5.32 Å². The fraction of sp³-hybridized carbons (Fsp3) is 0.250. The van der Waals surface area contributed by atoms with E-state index < -0.39 is 6.10 Å². The lowest BCUT2D eigenvalue weighted by Gasteiger charge is -2.09. The fourth-order valence-corrected chi connectivity index (χ4v) is 2.44. The molecule has 0 saturated heterocycles. The first-order valence-electron chi connectivity index (χ1n) is 6.64. The van der Waals surface area contributed by atoms with Gasteiger partial charge < -0.3 is 10.4 Å². The highest BCUT2D eigenvalue weighted by Crippen LogP contribution is 2.35. The number of benzene rings is 1. The Morgan fingerprint density at radius 3 is 2.80 bits per heavy atom. The highest BCUT2D eigenvalue weighted by molar-refractivity contribution is 6.03. The maximum absolute atomic E-state index is 11.7. The summed E-state index contributed by atoms with van der Waals surface area (Å²) in [6.07, 6.45) is 2.89. The molecule has 0 spiro atoms. The minimum absolute atomic E-state index is 0.0352. The van der Waals surface area contributed by atoms with Crippen molar-refractivity contribution in [2.75, 3.05) is 5.32 Å². The van der Waals surface area contributed by atoms with E-state index in [1.807, 2.05) is 31.2 Å². The molecule has 2 heterocycles. The molecule has 4 nitrogen and oxygen atoms in total. The van der Waals surface area contributed by atoms with Gasteiger partial charge in [0.1, 0.15) is 0 Å². The molecule has 0 bridgehead atoms. The summed E-state index contributed by atoms with van der Waals surface area (Å²) in [5.74, 6) is -0.0918. The van der Waals surface area contributed by atoms with E-state index in [1.165, 1.54) is 0 Å². The van der Waals surface area contributed by atoms with Gasteiger partial charge in [-0.3, -0.25) is 9.78 Å². The van der Waals surface area contributed by atoms with Crippen molar-refractivity contribution >= 4 is 11.6 Å². The maximum Gasteiger partial charge on any atom is 0.231 e. The topological polar surface area (TPSA) is 62.2 Å². The lowest BCUT2D eigenvalue weighted by Crippen LogP contribution is -2.08. The third kappa shape index (κ3) is 2.08. The van der Waals surface area contributed by atoms with Gasteiger partial charge in [-0.2, -0.15) is 0 Å². The number of aliphatic hydroxyl groups excluding tert-OH is 1. The monoisotopic (exact) mass is 268 g/mol. The van der Waals surface area contributed by atoms with Gasteiger partial charge in [0.25, 0.3) is 0 Å². The lowest BCUT2D eigenvalue weighted by atomic mass is 9.97. The van der Waals surface area contributed by atoms with Gasteiger partial charge in [-0.15, -0.1) is 0 Å². The zero-order valence-corrected chi connectivity index (χ0v) is 11.4. The molecule has 2 N–H and O–H groups in total. The number of carbonyl (C=O) groups excluding carboxylic acids is 1. The van der Waals surface area contributed by atoms with Crippen molar-refractivity contribution in [2.45, 2.75) is 25.9 Å². The van der Waals surface area contributed by atoms with E-state index in [2.05, 4.69) is 10.3 Å². The number of anilines is 1. The highest BCUT2D eigenvalue weighted by Gasteiger charge is 2.26. The van der Waals surface area contributed by atoms with E-state index in [1.54, 1.807) is 19.3 Å². The van der Waals surface area contributed by atoms with Gasteiger partial charge in [0, 0.05) is 23.6 Å². The minimum Gasteiger partial charge on any atom is -0.389 e. The Kier molecular flexibility index (Phi) is 3.03. The van der Waals surface area contributed by atoms with E-state index in [0.29, 0.717) is 0 Å². The zero-order valence-electron chi connectivity index (χ0n) is 11.4. The van der Waals surface area contributed by atoms with Crippen LogP contribution in [-0.4, -0.2) is 16.0 Å². The summed E-state index contributed by atoms with van der Waals surface area (Å²) in [6.45, 7) is 3.61. The summed E-state index contributed by atoms with van der Waals surface area (Å²) in [6, 6.07) is 7.82. The van der Waals surface area contributed by atoms with E-state index in [0.717, 1.165) is 27.9 Å². The van der Waals surface area contributed by atoms with Crippen LogP contribution >= 0.6 is 0 Å². The lowest BCUT2D eigenvalue weighted by molar-refractivity contribution is -0.116. The third-order valence-corrected chi connectivity index (χ3v) is 3.74. The molecule has 4 heteroatoms. The molecule has 2 atom stereocenters. The normalized spacial score (nSPS) is 18.6. The SMILES string of the molecule is CC(O)c1cncc(-c2ccc3c(c2)C(C)C(=O)N3)c1. The van der Waals surface area contributed by atoms with Gasteiger partial charge in [0.2, 0.25) is 5.91 Å². The number of hydrogen-bond donors (Lipinski definition) is 2. The summed E-state index contributed by atoms with van der Waals surface area (Å²) in [7, 11) is 0. The average molecular weight is 268 g/mol. The van der Waals surface area contributed by atoms with Crippen molar-refractivity contribution in [1.29, 1.82) is 0 Å². The molecule has 0 radical (unpaired) electrons. The predicted octanol–water partition coefficient (Wildman–Crippen LogP) is 2.86. The van der Waals surface area contributed by atoms with Crippen LogP contribution in [0.2, 0.25) is 0 Å². The first-order valence-corrected chi connectivity index (χ1v) is 6.64. The van der Waals surface area contributed by atoms with Crippen molar-refractivity contribution < 1.29 is 9.90 Å². The number of aromatic nitrogens is 1. The number of rotatable bonds is 2. The number of nitrogens with one attached hydrogen (secondary N) is 1. The summed E-state index contributed by atoms with van der Waals surface area (Å²) in [5, 5.41) is 12.5. The van der Waals surface area contributed by atoms with Gasteiger partial charge in [0.05, 0.1) is 12.0 Å². The number of amides is 1. The first-order chi connectivity index (χ1) is 9.56. The summed E-state index contributed by atoms with van der Waals surface area (Å²) >= 11 is 0. The molecule has 1 aromatic heterocycles. The van der Waals surface area contributed by atoms with Crippen LogP contribution in [0, 0.1) is 0 Å². The van der Waals surface area contributed by atoms with E-state index >= 15 is 0 Å². The number of aliphatic hydroxyl groups is 1. The number of hydrogen-bond acceptors (Lipinski definition) is 3. The molecule has 102 valence electrons. The molecule has 1 aliphatic rings. The molecule has 20 heavy (non-hydrogen) atoms. The van der Waals surface area contributed by atoms with Gasteiger partial charge in [-0.25, -0.2) is 0 Å². The number of fused-ring (bicyclic) bond motifs is 1. The maximum atomic E-state index is 11.7. The van der Waals surface area contributed by atoms with Crippen molar-refractivity contribution in [3.05, 3.63) is 47.8 Å². The smallest absolute Gasteiger partial charge is 0.231 e. The Morgan fingerprint density at radius 1 is 1.25 bits per heavy atom. The zero-order chi connectivity index (χ0) is 14.3. The Morgan fingerprint density at radius 2 is 2.05 bits per heavy atom. The molecule has 0 aliphatic carbocycles. The molecule has 1 aliphatic heterocycles. The molecule has 1 aromatic carbocycles. The van der Waals surface area contributed by atoms with Crippen molar-refractivity contribution in [1.82, 2.24) is 4.98 Å². The quantitative estimate of drug-likeness (QED) is 0.880. The van der Waals surface area contributed by atoms with Crippen LogP contribution in [0.1, 0.15) is 37.0 Å². The molecule has 1 amide bonds. The Bertz CT molecular complexity index is 680. The molecule has 0 fully saturated rings. The second-order valence-electron chi connectivity index (χ2n) is 5.20. The highest BCUT2D eigenvalue weighted by atomic mass is 16.3. The van der Waals surface area contributed by atoms with Crippen LogP contribution in [0.5, 0.6) is 0 Å². The second kappa shape index (κ2) is 4.72. The summed E-state index contributed by atoms with van der Waals surface area (Å²) in [4.78, 5) is 15.8. The van der Waals surface area contributed by atoms with Crippen molar-refractivity contribution in [2.24, 2.45) is 0 Å². The van der Waals surface area contributed by atoms with Gasteiger partial charge >= 0.3 is 0 Å². The Balaban J connectivity index is 2.04. The minimum atomic E-state index is -0.543. The number of pyridine rings is 1. The number of nitrogens with zero attached hydrogens (tertiary/aromatic N) is 1. The van der Waals surface area contributed by atoms with Crippen LogP contribution in [-0.2, 0) is 4.79 Å². The standard InChI is InChI=1S/C16H16N2O2/c1-9-14-6-11(3-4-15(14)18-16(9)20)13-5-12(10(2)19)7-17-8-13/h3-10,19H,1-2H3,(H,18,20). The fourth-order valence-electron chi connectivity index (χ4n) is 2.44. The summed E-state index contributed by atoms with van der Waals surface area (Å²) in [5.41, 5.74) is 4.62. The Labute approximate surface area is 117 Å². The molecule has 2 aromatic rings. The largest absolute Gasteiger partial charge is 0.389 e. The second-order valence-corrected chi connectivity index (χ2v) is 5.20. The van der Waals surface area contributed by atoms with Crippen LogP contribution in [0.4, 0.5) is 5.69 Å². The van der Waals surface area contributed by atoms with Gasteiger partial charge in [0.15, 0.2) is 0 Å². The predicted molar refractivity (Wildman–Crippen MR) is 77.4 cm³/mol. The van der Waals surface area contributed by atoms with Crippen molar-refractivity contribution in [3.8, 4) is 11.1 Å². The molecular weight excluding hydrogens is 252 g/mol. The van der Waals surface area contributed by atoms with Crippen LogP contribution in [0.15, 0.2) is 36.7 Å². The first kappa shape index (κ1) is 12.8. The van der Waals surface area contributed by atoms with Gasteiger partial charge in [-0.1, -0.05) is 6.07 Å². The number of carbonyl (C=O) groups is 1.